The lowest BCUT2D eigenvalue weighted by Crippen LogP contribution is -2.52. The minimum Gasteiger partial charge on any atom is -0.508 e. The third-order valence-corrected chi connectivity index (χ3v) is 11.0. The van der Waals surface area contributed by atoms with Gasteiger partial charge in [-0.05, 0) is 95.7 Å². The van der Waals surface area contributed by atoms with Crippen LogP contribution in [0.3, 0.4) is 0 Å². The molecule has 0 saturated carbocycles. The largest absolute Gasteiger partial charge is 0.508 e. The Morgan fingerprint density at radius 3 is 1.98 bits per heavy atom. The lowest BCUT2D eigenvalue weighted by molar-refractivity contribution is -0.136. The molecule has 2 aliphatic heterocycles. The second-order valence-corrected chi connectivity index (χ2v) is 16.0. The number of aromatic hydroxyl groups is 1. The Bertz CT molecular complexity index is 2420. The second-order valence-electron chi connectivity index (χ2n) is 14.0. The monoisotopic (exact) mass is 824 g/mol. The van der Waals surface area contributed by atoms with Crippen molar-refractivity contribution in [1.29, 1.82) is 0 Å². The van der Waals surface area contributed by atoms with E-state index < -0.39 is 21.8 Å². The number of piperidine rings is 1. The SMILES string of the molecule is CS(=O)(=O)c1ccc(-c2ccc3cc(O)ccc3c2Oc2ccc(OCCOCCOCCOCCOc3ccc4c(c3)C(=O)N(C3CCC(=O)NC3=O)C4)cc2)cc1. The number of imide groups is 1. The van der Waals surface area contributed by atoms with Gasteiger partial charge in [0.25, 0.3) is 5.91 Å². The van der Waals surface area contributed by atoms with Gasteiger partial charge in [-0.25, -0.2) is 8.42 Å². The number of sulfone groups is 1. The lowest BCUT2D eigenvalue weighted by atomic mass is 9.99. The summed E-state index contributed by atoms with van der Waals surface area (Å²) in [7, 11) is -3.34. The van der Waals surface area contributed by atoms with E-state index in [1.54, 1.807) is 78.9 Å². The Hall–Kier alpha value is -6.00. The maximum Gasteiger partial charge on any atom is 0.255 e. The van der Waals surface area contributed by atoms with Crippen LogP contribution in [0.25, 0.3) is 21.9 Å². The first-order chi connectivity index (χ1) is 28.5. The zero-order chi connectivity index (χ0) is 41.4. The number of ether oxygens (including phenoxy) is 6. The van der Waals surface area contributed by atoms with Gasteiger partial charge in [0, 0.05) is 35.7 Å². The van der Waals surface area contributed by atoms with E-state index in [-0.39, 0.29) is 35.5 Å². The molecule has 308 valence electrons. The number of nitrogens with zero attached hydrogens (tertiary/aromatic N) is 1. The average Bonchev–Trinajstić information content (AvgIpc) is 3.54. The van der Waals surface area contributed by atoms with Crippen LogP contribution < -0.4 is 19.5 Å². The fourth-order valence-electron chi connectivity index (χ4n) is 6.83. The topological polar surface area (TPSA) is 176 Å². The van der Waals surface area contributed by atoms with Crippen molar-refractivity contribution in [2.75, 3.05) is 59.1 Å². The molecule has 59 heavy (non-hydrogen) atoms. The molecule has 15 heteroatoms. The summed E-state index contributed by atoms with van der Waals surface area (Å²) in [5.41, 5.74) is 2.85. The molecule has 0 aromatic heterocycles. The van der Waals surface area contributed by atoms with E-state index in [1.165, 1.54) is 11.2 Å². The molecule has 5 aromatic rings. The van der Waals surface area contributed by atoms with Crippen LogP contribution in [-0.2, 0) is 40.2 Å². The van der Waals surface area contributed by atoms with Crippen LogP contribution in [0.15, 0.2) is 102 Å². The molecule has 7 rings (SSSR count). The summed E-state index contributed by atoms with van der Waals surface area (Å²) in [6, 6.07) is 27.2. The lowest BCUT2D eigenvalue weighted by Gasteiger charge is -2.29. The molecular weight excluding hydrogens is 781 g/mol. The molecule has 0 spiro atoms. The smallest absolute Gasteiger partial charge is 0.255 e. The number of phenols is 1. The number of hydrogen-bond acceptors (Lipinski definition) is 12. The predicted molar refractivity (Wildman–Crippen MR) is 217 cm³/mol. The maximum atomic E-state index is 13.0. The molecule has 14 nitrogen and oxygen atoms in total. The van der Waals surface area contributed by atoms with Gasteiger partial charge >= 0.3 is 0 Å². The Morgan fingerprint density at radius 1 is 0.695 bits per heavy atom. The number of carbonyl (C=O) groups is 3. The van der Waals surface area contributed by atoms with Crippen molar-refractivity contribution in [3.63, 3.8) is 0 Å². The molecule has 2 aliphatic rings. The molecular formula is C44H44N2O12S. The zero-order valence-electron chi connectivity index (χ0n) is 32.4. The Morgan fingerprint density at radius 2 is 1.32 bits per heavy atom. The highest BCUT2D eigenvalue weighted by Gasteiger charge is 2.39. The number of rotatable bonds is 19. The number of nitrogens with one attached hydrogen (secondary N) is 1. The Kier molecular flexibility index (Phi) is 13.1. The van der Waals surface area contributed by atoms with E-state index in [4.69, 9.17) is 28.4 Å². The average molecular weight is 825 g/mol. The van der Waals surface area contributed by atoms with Gasteiger partial charge in [-0.2, -0.15) is 0 Å². The van der Waals surface area contributed by atoms with Crippen molar-refractivity contribution in [2.45, 2.75) is 30.3 Å². The molecule has 0 radical (unpaired) electrons. The van der Waals surface area contributed by atoms with E-state index in [9.17, 15) is 27.9 Å². The van der Waals surface area contributed by atoms with Gasteiger partial charge in [-0.1, -0.05) is 24.3 Å². The summed E-state index contributed by atoms with van der Waals surface area (Å²) in [6.45, 7) is 3.17. The van der Waals surface area contributed by atoms with Gasteiger partial charge in [0.15, 0.2) is 9.84 Å². The van der Waals surface area contributed by atoms with E-state index in [2.05, 4.69) is 5.32 Å². The summed E-state index contributed by atoms with van der Waals surface area (Å²) in [5, 5.41) is 13.9. The van der Waals surface area contributed by atoms with Crippen LogP contribution in [0.5, 0.6) is 28.7 Å². The first kappa shape index (κ1) is 41.2. The fourth-order valence-corrected chi connectivity index (χ4v) is 7.46. The highest BCUT2D eigenvalue weighted by atomic mass is 32.2. The first-order valence-corrected chi connectivity index (χ1v) is 21.0. The number of fused-ring (bicyclic) bond motifs is 2. The molecule has 5 aromatic carbocycles. The molecule has 1 atom stereocenters. The van der Waals surface area contributed by atoms with Crippen molar-refractivity contribution in [3.8, 4) is 39.9 Å². The summed E-state index contributed by atoms with van der Waals surface area (Å²) < 4.78 is 58.8. The van der Waals surface area contributed by atoms with Crippen molar-refractivity contribution < 1.29 is 56.3 Å². The van der Waals surface area contributed by atoms with Gasteiger partial charge in [0.2, 0.25) is 11.8 Å². The van der Waals surface area contributed by atoms with Crippen molar-refractivity contribution in [3.05, 3.63) is 108 Å². The Balaban J connectivity index is 0.770. The normalized spacial score (nSPS) is 15.3. The summed E-state index contributed by atoms with van der Waals surface area (Å²) in [6.07, 6.45) is 1.69. The van der Waals surface area contributed by atoms with Crippen LogP contribution in [-0.4, -0.2) is 101 Å². The van der Waals surface area contributed by atoms with Crippen LogP contribution in [0.1, 0.15) is 28.8 Å². The molecule has 2 heterocycles. The maximum absolute atomic E-state index is 13.0. The van der Waals surface area contributed by atoms with Gasteiger partial charge in [-0.15, -0.1) is 0 Å². The summed E-state index contributed by atoms with van der Waals surface area (Å²) in [5.74, 6) is 1.42. The van der Waals surface area contributed by atoms with Gasteiger partial charge in [-0.3, -0.25) is 19.7 Å². The van der Waals surface area contributed by atoms with Crippen molar-refractivity contribution >= 4 is 38.3 Å². The third kappa shape index (κ3) is 10.4. The Labute approximate surface area is 341 Å². The molecule has 0 aliphatic carbocycles. The molecule has 1 saturated heterocycles. The molecule has 2 N–H and O–H groups in total. The summed E-state index contributed by atoms with van der Waals surface area (Å²) >= 11 is 0. The minimum atomic E-state index is -3.34. The standard InChI is InChI=1S/C44H44N2O12S/c1-59(51,52)36-12-3-29(4-13-36)37-14-5-30-26-32(47)6-15-38(30)42(37)58-34-10-8-33(9-11-34)56-24-22-54-20-18-53-19-21-55-23-25-57-35-7-2-31-28-46(44(50)39(31)27-35)40-16-17-41(48)45-43(40)49/h2-15,26-27,40,47H,16-25,28H2,1H3,(H,45,48,49). The second kappa shape index (κ2) is 18.7. The van der Waals surface area contributed by atoms with Crippen LogP contribution in [0.2, 0.25) is 0 Å². The van der Waals surface area contributed by atoms with Crippen LogP contribution in [0.4, 0.5) is 0 Å². The molecule has 3 amide bonds. The van der Waals surface area contributed by atoms with Crippen LogP contribution in [0, 0.1) is 0 Å². The van der Waals surface area contributed by atoms with Crippen LogP contribution >= 0.6 is 0 Å². The third-order valence-electron chi connectivity index (χ3n) is 9.83. The highest BCUT2D eigenvalue weighted by molar-refractivity contribution is 7.90. The quantitative estimate of drug-likeness (QED) is 0.0772. The van der Waals surface area contributed by atoms with E-state index in [1.807, 2.05) is 18.2 Å². The van der Waals surface area contributed by atoms with Gasteiger partial charge in [0.1, 0.15) is 48.0 Å². The number of carbonyl (C=O) groups excluding carboxylic acids is 3. The number of phenolic OH excluding ortho intramolecular Hbond substituents is 1. The van der Waals surface area contributed by atoms with Crippen molar-refractivity contribution in [2.24, 2.45) is 0 Å². The first-order valence-electron chi connectivity index (χ1n) is 19.1. The van der Waals surface area contributed by atoms with E-state index in [0.717, 1.165) is 27.5 Å². The van der Waals surface area contributed by atoms with Gasteiger partial charge in [0.05, 0.1) is 44.5 Å². The van der Waals surface area contributed by atoms with E-state index in [0.29, 0.717) is 87.8 Å². The van der Waals surface area contributed by atoms with Crippen molar-refractivity contribution in [1.82, 2.24) is 10.2 Å². The number of benzene rings is 5. The fraction of sp³-hybridized carbons (Fsp3) is 0.295. The zero-order valence-corrected chi connectivity index (χ0v) is 33.2. The van der Waals surface area contributed by atoms with E-state index >= 15 is 0 Å². The molecule has 1 unspecified atom stereocenters. The minimum absolute atomic E-state index is 0.134. The number of hydrogen-bond donors (Lipinski definition) is 2. The van der Waals surface area contributed by atoms with Gasteiger partial charge < -0.3 is 38.4 Å². The summed E-state index contributed by atoms with van der Waals surface area (Å²) in [4.78, 5) is 38.5. The predicted octanol–water partition coefficient (Wildman–Crippen LogP) is 5.68. The highest BCUT2D eigenvalue weighted by Crippen LogP contribution is 2.41. The number of amides is 3. The molecule has 1 fully saturated rings. The molecule has 0 bridgehead atoms.